The van der Waals surface area contributed by atoms with Crippen molar-refractivity contribution in [2.75, 3.05) is 5.32 Å². The minimum absolute atomic E-state index is 0.0264. The Balaban J connectivity index is 1.80. The molecule has 0 radical (unpaired) electrons. The van der Waals surface area contributed by atoms with Crippen molar-refractivity contribution in [3.05, 3.63) is 60.1 Å². The van der Waals surface area contributed by atoms with Gasteiger partial charge in [0.25, 0.3) is 0 Å². The molecule has 2 aromatic heterocycles. The molecule has 0 saturated heterocycles. The van der Waals surface area contributed by atoms with Gasteiger partial charge in [0.05, 0.1) is 23.0 Å². The van der Waals surface area contributed by atoms with E-state index in [-0.39, 0.29) is 29.9 Å². The maximum absolute atomic E-state index is 12.9. The molecule has 2 aliphatic carbocycles. The molecule has 0 saturated carbocycles. The maximum Gasteiger partial charge on any atom is 0.167 e. The summed E-state index contributed by atoms with van der Waals surface area (Å²) in [7, 11) is 0. The van der Waals surface area contributed by atoms with Gasteiger partial charge in [-0.25, -0.2) is 0 Å². The van der Waals surface area contributed by atoms with Crippen molar-refractivity contribution in [1.29, 1.82) is 0 Å². The Bertz CT molecular complexity index is 940. The number of rotatable bonds is 4. The normalized spacial score (nSPS) is 23.9. The molecule has 3 atom stereocenters. The molecule has 0 aliphatic heterocycles. The van der Waals surface area contributed by atoms with Crippen molar-refractivity contribution in [1.82, 2.24) is 9.97 Å². The summed E-state index contributed by atoms with van der Waals surface area (Å²) in [6, 6.07) is 3.96. The monoisotopic (exact) mass is 361 g/mol. The van der Waals surface area contributed by atoms with Gasteiger partial charge < -0.3 is 10.3 Å². The number of H-pyrrole nitrogens is 1. The molecule has 2 N–H and O–H groups in total. The fourth-order valence-electron chi connectivity index (χ4n) is 3.89. The number of aromatic nitrogens is 2. The average molecular weight is 361 g/mol. The lowest BCUT2D eigenvalue weighted by atomic mass is 9.84. The van der Waals surface area contributed by atoms with Crippen molar-refractivity contribution < 1.29 is 9.59 Å². The second-order valence-electron chi connectivity index (χ2n) is 7.40. The Labute approximate surface area is 158 Å². The van der Waals surface area contributed by atoms with E-state index in [9.17, 15) is 9.59 Å². The Hall–Kier alpha value is -2.95. The topological polar surface area (TPSA) is 74.8 Å². The zero-order valence-corrected chi connectivity index (χ0v) is 15.5. The highest BCUT2D eigenvalue weighted by Gasteiger charge is 2.34. The first kappa shape index (κ1) is 17.5. The van der Waals surface area contributed by atoms with Crippen LogP contribution >= 0.6 is 0 Å². The van der Waals surface area contributed by atoms with Gasteiger partial charge in [0.15, 0.2) is 5.78 Å². The van der Waals surface area contributed by atoms with E-state index in [1.54, 1.807) is 19.3 Å². The number of aromatic amines is 1. The highest BCUT2D eigenvalue weighted by atomic mass is 16.1. The third-order valence-corrected chi connectivity index (χ3v) is 5.50. The standard InChI is InChI=1S/C22H23N3O2/c1-13-5-3-4-6-17(13)24-22-20-18(11-16(14(2)26)12-19(20)27)25-21(22)15-7-9-23-10-8-15/h3-10,13,16-17,24-25H,11-12H2,1-2H3. The van der Waals surface area contributed by atoms with Gasteiger partial charge in [-0.2, -0.15) is 0 Å². The number of pyridine rings is 1. The van der Waals surface area contributed by atoms with Gasteiger partial charge >= 0.3 is 0 Å². The molecule has 5 heteroatoms. The Kier molecular flexibility index (Phi) is 4.52. The van der Waals surface area contributed by atoms with Crippen LogP contribution < -0.4 is 5.32 Å². The summed E-state index contributed by atoms with van der Waals surface area (Å²) >= 11 is 0. The van der Waals surface area contributed by atoms with Crippen LogP contribution in [0.1, 0.15) is 36.3 Å². The predicted octanol–water partition coefficient (Wildman–Crippen LogP) is 3.95. The third kappa shape index (κ3) is 3.25. The number of hydrogen-bond donors (Lipinski definition) is 2. The molecule has 2 heterocycles. The van der Waals surface area contributed by atoms with Gasteiger partial charge in [-0.3, -0.25) is 14.6 Å². The molecule has 0 spiro atoms. The highest BCUT2D eigenvalue weighted by molar-refractivity contribution is 6.08. The number of ketones is 2. The highest BCUT2D eigenvalue weighted by Crippen LogP contribution is 2.39. The van der Waals surface area contributed by atoms with Crippen molar-refractivity contribution in [3.63, 3.8) is 0 Å². The first-order chi connectivity index (χ1) is 13.0. The summed E-state index contributed by atoms with van der Waals surface area (Å²) in [4.78, 5) is 32.3. The summed E-state index contributed by atoms with van der Waals surface area (Å²) in [5.74, 6) is 0.170. The summed E-state index contributed by atoms with van der Waals surface area (Å²) in [5, 5.41) is 3.58. The van der Waals surface area contributed by atoms with Gasteiger partial charge in [-0.05, 0) is 31.4 Å². The Morgan fingerprint density at radius 3 is 2.63 bits per heavy atom. The number of carbonyl (C=O) groups is 2. The largest absolute Gasteiger partial charge is 0.376 e. The molecule has 0 fully saturated rings. The van der Waals surface area contributed by atoms with Crippen LogP contribution in [0.3, 0.4) is 0 Å². The third-order valence-electron chi connectivity index (χ3n) is 5.50. The number of hydrogen-bond acceptors (Lipinski definition) is 4. The molecule has 5 nitrogen and oxygen atoms in total. The molecular formula is C22H23N3O2. The number of nitrogens with zero attached hydrogens (tertiary/aromatic N) is 1. The van der Waals surface area contributed by atoms with E-state index in [4.69, 9.17) is 0 Å². The molecular weight excluding hydrogens is 338 g/mol. The van der Waals surface area contributed by atoms with E-state index >= 15 is 0 Å². The summed E-state index contributed by atoms with van der Waals surface area (Å²) in [5.41, 5.74) is 4.24. The van der Waals surface area contributed by atoms with Crippen LogP contribution in [0, 0.1) is 11.8 Å². The van der Waals surface area contributed by atoms with Gasteiger partial charge in [-0.1, -0.05) is 31.2 Å². The number of carbonyl (C=O) groups excluding carboxylic acids is 2. The minimum Gasteiger partial charge on any atom is -0.376 e. The van der Waals surface area contributed by atoms with Crippen LogP contribution in [0.2, 0.25) is 0 Å². The zero-order valence-electron chi connectivity index (χ0n) is 15.5. The van der Waals surface area contributed by atoms with Gasteiger partial charge in [-0.15, -0.1) is 0 Å². The molecule has 138 valence electrons. The quantitative estimate of drug-likeness (QED) is 0.864. The average Bonchev–Trinajstić information content (AvgIpc) is 3.03. The Morgan fingerprint density at radius 2 is 1.93 bits per heavy atom. The first-order valence-corrected chi connectivity index (χ1v) is 9.35. The van der Waals surface area contributed by atoms with Crippen molar-refractivity contribution in [3.8, 4) is 11.3 Å². The summed E-state index contributed by atoms with van der Waals surface area (Å²) in [6.45, 7) is 3.71. The van der Waals surface area contributed by atoms with E-state index in [1.165, 1.54) is 0 Å². The fourth-order valence-corrected chi connectivity index (χ4v) is 3.89. The lowest BCUT2D eigenvalue weighted by molar-refractivity contribution is -0.120. The van der Waals surface area contributed by atoms with Gasteiger partial charge in [0.1, 0.15) is 5.78 Å². The lowest BCUT2D eigenvalue weighted by Crippen LogP contribution is -2.28. The van der Waals surface area contributed by atoms with Crippen LogP contribution in [0.4, 0.5) is 5.69 Å². The van der Waals surface area contributed by atoms with Crippen LogP contribution in [-0.2, 0) is 11.2 Å². The number of fused-ring (bicyclic) bond motifs is 1. The van der Waals surface area contributed by atoms with Crippen LogP contribution in [0.25, 0.3) is 11.3 Å². The second-order valence-corrected chi connectivity index (χ2v) is 7.40. The van der Waals surface area contributed by atoms with Crippen molar-refractivity contribution in [2.45, 2.75) is 32.7 Å². The molecule has 27 heavy (non-hydrogen) atoms. The van der Waals surface area contributed by atoms with Crippen molar-refractivity contribution >= 4 is 17.3 Å². The molecule has 0 amide bonds. The maximum atomic E-state index is 12.9. The van der Waals surface area contributed by atoms with Crippen LogP contribution in [0.5, 0.6) is 0 Å². The van der Waals surface area contributed by atoms with Gasteiger partial charge in [0.2, 0.25) is 0 Å². The minimum atomic E-state index is -0.238. The van der Waals surface area contributed by atoms with E-state index in [1.807, 2.05) is 24.3 Å². The predicted molar refractivity (Wildman–Crippen MR) is 106 cm³/mol. The van der Waals surface area contributed by atoms with E-state index < -0.39 is 0 Å². The number of allylic oxidation sites excluding steroid dienone is 2. The van der Waals surface area contributed by atoms with E-state index in [0.29, 0.717) is 17.9 Å². The molecule has 0 bridgehead atoms. The Morgan fingerprint density at radius 1 is 1.19 bits per heavy atom. The van der Waals surface area contributed by atoms with Gasteiger partial charge in [0, 0.05) is 36.0 Å². The van der Waals surface area contributed by atoms with Crippen LogP contribution in [0.15, 0.2) is 48.8 Å². The molecule has 3 unspecified atom stereocenters. The van der Waals surface area contributed by atoms with E-state index in [2.05, 4.69) is 34.4 Å². The number of anilines is 1. The van der Waals surface area contributed by atoms with Crippen molar-refractivity contribution in [2.24, 2.45) is 11.8 Å². The van der Waals surface area contributed by atoms with E-state index in [0.717, 1.165) is 22.6 Å². The number of Topliss-reactive ketones (excluding diaryl/α,β-unsaturated/α-hetero) is 2. The fraction of sp³-hybridized carbons (Fsp3) is 0.318. The molecule has 4 rings (SSSR count). The SMILES string of the molecule is CC(=O)C1CC(=O)c2c([nH]c(-c3ccncc3)c2NC2C=CC=CC2C)C1. The smallest absolute Gasteiger partial charge is 0.167 e. The summed E-state index contributed by atoms with van der Waals surface area (Å²) < 4.78 is 0. The zero-order chi connectivity index (χ0) is 19.0. The lowest BCUT2D eigenvalue weighted by Gasteiger charge is -2.25. The first-order valence-electron chi connectivity index (χ1n) is 9.35. The molecule has 2 aliphatic rings. The second kappa shape index (κ2) is 6.99. The summed E-state index contributed by atoms with van der Waals surface area (Å²) in [6.07, 6.45) is 12.7. The molecule has 2 aromatic rings. The number of nitrogens with one attached hydrogen (secondary N) is 2. The van der Waals surface area contributed by atoms with Crippen LogP contribution in [-0.4, -0.2) is 27.6 Å². The molecule has 0 aromatic carbocycles.